The molecule has 3 N–H and O–H groups in total. The van der Waals surface area contributed by atoms with Crippen molar-refractivity contribution in [3.05, 3.63) is 52.5 Å². The Kier molecular flexibility index (Phi) is 10.2. The quantitative estimate of drug-likeness (QED) is 0.324. The molecule has 0 amide bonds. The summed E-state index contributed by atoms with van der Waals surface area (Å²) >= 11 is 0. The molecule has 0 bridgehead atoms. The molecule has 214 valence electrons. The molecule has 0 saturated carbocycles. The number of unbranched alkanes of at least 4 members (excludes halogenated alkanes) is 2. The molecule has 1 fully saturated rings. The first-order valence-corrected chi connectivity index (χ1v) is 14.2. The summed E-state index contributed by atoms with van der Waals surface area (Å²) in [6.45, 7) is 4.76. The van der Waals surface area contributed by atoms with Crippen LogP contribution in [0.2, 0.25) is 0 Å². The number of aromatic nitrogens is 1. The van der Waals surface area contributed by atoms with Gasteiger partial charge in [-0.15, -0.1) is 0 Å². The Bertz CT molecular complexity index is 1130. The first kappa shape index (κ1) is 29.2. The van der Waals surface area contributed by atoms with Crippen molar-refractivity contribution < 1.29 is 24.1 Å². The number of methoxy groups -OCH3 is 1. The van der Waals surface area contributed by atoms with Crippen molar-refractivity contribution in [2.45, 2.75) is 69.9 Å². The normalized spacial score (nSPS) is 19.0. The number of rotatable bonds is 13. The molecule has 0 unspecified atom stereocenters. The van der Waals surface area contributed by atoms with E-state index in [1.807, 2.05) is 4.90 Å². The first-order valence-electron chi connectivity index (χ1n) is 14.2. The second-order valence-electron chi connectivity index (χ2n) is 11.0. The number of likely N-dealkylation sites (N-methyl/N-ethyl adjacent to an activating group) is 1. The minimum Gasteiger partial charge on any atom is -0.493 e. The maximum atomic E-state index is 14.9. The third-order valence-corrected chi connectivity index (χ3v) is 8.25. The molecule has 4 rings (SSSR count). The van der Waals surface area contributed by atoms with Gasteiger partial charge < -0.3 is 25.2 Å². The maximum Gasteiger partial charge on any atom is 0.325 e. The third-order valence-electron chi connectivity index (χ3n) is 8.25. The Balaban J connectivity index is 1.30. The highest BCUT2D eigenvalue weighted by molar-refractivity contribution is 5.77. The first-order chi connectivity index (χ1) is 18.8. The molecular weight excluding hydrogens is 499 g/mol. The van der Waals surface area contributed by atoms with Gasteiger partial charge in [0.05, 0.1) is 7.11 Å². The van der Waals surface area contributed by atoms with E-state index >= 15 is 0 Å². The van der Waals surface area contributed by atoms with Crippen molar-refractivity contribution in [3.63, 3.8) is 0 Å². The predicted molar refractivity (Wildman–Crippen MR) is 150 cm³/mol. The van der Waals surface area contributed by atoms with Gasteiger partial charge in [0.25, 0.3) is 0 Å². The van der Waals surface area contributed by atoms with Gasteiger partial charge in [-0.1, -0.05) is 19.4 Å². The van der Waals surface area contributed by atoms with E-state index in [4.69, 9.17) is 9.72 Å². The second-order valence-corrected chi connectivity index (χ2v) is 11.0. The van der Waals surface area contributed by atoms with E-state index in [-0.39, 0.29) is 24.3 Å². The van der Waals surface area contributed by atoms with Crippen molar-refractivity contribution >= 4 is 11.8 Å². The van der Waals surface area contributed by atoms with Crippen molar-refractivity contribution in [1.29, 1.82) is 0 Å². The summed E-state index contributed by atoms with van der Waals surface area (Å²) in [6, 6.07) is 6.58. The van der Waals surface area contributed by atoms with Gasteiger partial charge in [-0.25, -0.2) is 9.37 Å². The summed E-state index contributed by atoms with van der Waals surface area (Å²) in [6.07, 6.45) is 7.36. The van der Waals surface area contributed by atoms with Crippen LogP contribution in [0.25, 0.3) is 0 Å². The highest BCUT2D eigenvalue weighted by Gasteiger charge is 2.37. The lowest BCUT2D eigenvalue weighted by Gasteiger charge is -2.29. The Morgan fingerprint density at radius 3 is 2.87 bits per heavy atom. The number of aryl methyl sites for hydroxylation is 2. The van der Waals surface area contributed by atoms with Gasteiger partial charge in [-0.3, -0.25) is 9.69 Å². The van der Waals surface area contributed by atoms with E-state index in [9.17, 15) is 19.4 Å². The van der Waals surface area contributed by atoms with E-state index in [2.05, 4.69) is 29.4 Å². The fourth-order valence-corrected chi connectivity index (χ4v) is 5.83. The summed E-state index contributed by atoms with van der Waals surface area (Å²) in [5.74, 6) is -0.936. The number of fused-ring (bicyclic) bond motifs is 1. The topological polar surface area (TPSA) is 98.2 Å². The molecule has 2 aliphatic heterocycles. The molecule has 3 atom stereocenters. The standard InChI is InChI=1S/C30H43FN4O4/c1-20(19-36)22-16-25(28(39-3)26(31)17-22)27(30(37)38)35-15-12-24(18-35)34(2)14-6-4-5-9-23-11-10-21-8-7-13-32-29(21)33-23/h10-11,16-17,20,24,27,36H,4-9,12-15,18-19H2,1-3H3,(H,32,33)(H,37,38)/t20-,24-,27-/m1/s1. The highest BCUT2D eigenvalue weighted by atomic mass is 19.1. The van der Waals surface area contributed by atoms with E-state index in [1.54, 1.807) is 13.0 Å². The van der Waals surface area contributed by atoms with E-state index in [0.717, 1.165) is 63.1 Å². The number of anilines is 1. The van der Waals surface area contributed by atoms with E-state index in [1.165, 1.54) is 25.2 Å². The summed E-state index contributed by atoms with van der Waals surface area (Å²) in [5, 5.41) is 23.1. The minimum atomic E-state index is -1.03. The minimum absolute atomic E-state index is 0.0442. The predicted octanol–water partition coefficient (Wildman–Crippen LogP) is 4.23. The SMILES string of the molecule is COc1c(F)cc([C@H](C)CO)cc1[C@H](C(=O)O)N1CC[C@@H](N(C)CCCCCc2ccc3c(n2)NCCC3)C1. The molecule has 9 heteroatoms. The lowest BCUT2D eigenvalue weighted by molar-refractivity contribution is -0.143. The number of ether oxygens (including phenoxy) is 1. The number of aliphatic carboxylic acids is 1. The Morgan fingerprint density at radius 2 is 2.13 bits per heavy atom. The van der Waals surface area contributed by atoms with Crippen molar-refractivity contribution in [2.24, 2.45) is 0 Å². The summed E-state index contributed by atoms with van der Waals surface area (Å²) in [4.78, 5) is 21.5. The van der Waals surface area contributed by atoms with Gasteiger partial charge in [-0.05, 0) is 81.4 Å². The molecular formula is C30H43FN4O4. The largest absolute Gasteiger partial charge is 0.493 e. The molecule has 0 radical (unpaired) electrons. The van der Waals surface area contributed by atoms with Gasteiger partial charge in [-0.2, -0.15) is 0 Å². The molecule has 39 heavy (non-hydrogen) atoms. The number of pyridine rings is 1. The van der Waals surface area contributed by atoms with Crippen LogP contribution in [-0.4, -0.2) is 84.0 Å². The van der Waals surface area contributed by atoms with Gasteiger partial charge in [0.1, 0.15) is 11.9 Å². The summed E-state index contributed by atoms with van der Waals surface area (Å²) in [7, 11) is 3.46. The number of aliphatic hydroxyl groups excluding tert-OH is 1. The van der Waals surface area contributed by atoms with Crippen molar-refractivity contribution in [2.75, 3.05) is 52.3 Å². The molecule has 1 aromatic carbocycles. The molecule has 1 aromatic heterocycles. The van der Waals surface area contributed by atoms with Gasteiger partial charge in [0.2, 0.25) is 0 Å². The zero-order valence-electron chi connectivity index (χ0n) is 23.5. The third kappa shape index (κ3) is 7.07. The van der Waals surface area contributed by atoms with Crippen LogP contribution in [-0.2, 0) is 17.6 Å². The number of nitrogens with one attached hydrogen (secondary N) is 1. The molecule has 0 aliphatic carbocycles. The smallest absolute Gasteiger partial charge is 0.325 e. The summed E-state index contributed by atoms with van der Waals surface area (Å²) in [5.41, 5.74) is 3.33. The van der Waals surface area contributed by atoms with Crippen molar-refractivity contribution in [1.82, 2.24) is 14.8 Å². The number of hydrogen-bond acceptors (Lipinski definition) is 7. The van der Waals surface area contributed by atoms with Crippen LogP contribution >= 0.6 is 0 Å². The van der Waals surface area contributed by atoms with Crippen LogP contribution in [0, 0.1) is 5.82 Å². The number of carboxylic acid groups (broad SMARTS) is 1. The molecule has 0 spiro atoms. The molecule has 2 aromatic rings. The van der Waals surface area contributed by atoms with Crippen LogP contribution in [0.4, 0.5) is 10.2 Å². The fraction of sp³-hybridized carbons (Fsp3) is 0.600. The number of halogens is 1. The van der Waals surface area contributed by atoms with Crippen LogP contribution < -0.4 is 10.1 Å². The van der Waals surface area contributed by atoms with Crippen LogP contribution in [0.5, 0.6) is 5.75 Å². The number of carbonyl (C=O) groups is 1. The average molecular weight is 543 g/mol. The number of benzene rings is 1. The lowest BCUT2D eigenvalue weighted by atomic mass is 9.95. The highest BCUT2D eigenvalue weighted by Crippen LogP contribution is 2.37. The van der Waals surface area contributed by atoms with E-state index in [0.29, 0.717) is 24.2 Å². The average Bonchev–Trinajstić information content (AvgIpc) is 3.41. The second kappa shape index (κ2) is 13.5. The number of likely N-dealkylation sites (tertiary alicyclic amines) is 1. The van der Waals surface area contributed by atoms with Crippen LogP contribution in [0.3, 0.4) is 0 Å². The summed E-state index contributed by atoms with van der Waals surface area (Å²) < 4.78 is 20.2. The lowest BCUT2D eigenvalue weighted by Crippen LogP contribution is -2.38. The monoisotopic (exact) mass is 542 g/mol. The number of hydrogen-bond donors (Lipinski definition) is 3. The van der Waals surface area contributed by atoms with Gasteiger partial charge in [0, 0.05) is 49.5 Å². The van der Waals surface area contributed by atoms with E-state index < -0.39 is 17.8 Å². The Labute approximate surface area is 231 Å². The number of aliphatic hydroxyl groups is 1. The number of nitrogens with zero attached hydrogens (tertiary/aromatic N) is 3. The zero-order valence-corrected chi connectivity index (χ0v) is 23.5. The van der Waals surface area contributed by atoms with Crippen molar-refractivity contribution in [3.8, 4) is 5.75 Å². The Morgan fingerprint density at radius 1 is 1.31 bits per heavy atom. The molecule has 1 saturated heterocycles. The molecule has 2 aliphatic rings. The van der Waals surface area contributed by atoms with Crippen LogP contribution in [0.15, 0.2) is 24.3 Å². The fourth-order valence-electron chi connectivity index (χ4n) is 5.83. The number of carboxylic acids is 1. The van der Waals surface area contributed by atoms with Crippen LogP contribution in [0.1, 0.15) is 73.4 Å². The van der Waals surface area contributed by atoms with Gasteiger partial charge in [0.15, 0.2) is 11.6 Å². The molecule has 3 heterocycles. The van der Waals surface area contributed by atoms with Gasteiger partial charge >= 0.3 is 5.97 Å². The zero-order chi connectivity index (χ0) is 27.9. The Hall–Kier alpha value is -2.75. The molecule has 8 nitrogen and oxygen atoms in total. The maximum absolute atomic E-state index is 14.9.